The van der Waals surface area contributed by atoms with Crippen LogP contribution in [0.1, 0.15) is 32.1 Å². The predicted octanol–water partition coefficient (Wildman–Crippen LogP) is 1.62. The summed E-state index contributed by atoms with van der Waals surface area (Å²) in [5.41, 5.74) is 0. The number of hydrogen-bond donors (Lipinski definition) is 0. The van der Waals surface area contributed by atoms with Gasteiger partial charge in [0, 0.05) is 57.5 Å². The van der Waals surface area contributed by atoms with Gasteiger partial charge in [0.2, 0.25) is 0 Å². The van der Waals surface area contributed by atoms with Crippen molar-refractivity contribution in [1.29, 1.82) is 0 Å². The van der Waals surface area contributed by atoms with Crippen LogP contribution in [0.3, 0.4) is 0 Å². The van der Waals surface area contributed by atoms with Gasteiger partial charge in [-0.3, -0.25) is 9.80 Å². The van der Waals surface area contributed by atoms with Crippen LogP contribution in [-0.2, 0) is 0 Å². The van der Waals surface area contributed by atoms with Gasteiger partial charge in [0.25, 0.3) is 0 Å². The summed E-state index contributed by atoms with van der Waals surface area (Å²) < 4.78 is 0. The number of nitrogens with zero attached hydrogens (tertiary/aromatic N) is 5. The van der Waals surface area contributed by atoms with Crippen LogP contribution >= 0.6 is 0 Å². The SMILES string of the molecule is c1cc(N2CC(N3CCN(C4CCCCC4)CC3)C2)ncn1. The molecule has 1 saturated carbocycles. The summed E-state index contributed by atoms with van der Waals surface area (Å²) >= 11 is 0. The maximum Gasteiger partial charge on any atom is 0.132 e. The van der Waals surface area contributed by atoms with Crippen molar-refractivity contribution in [3.63, 3.8) is 0 Å². The molecule has 0 spiro atoms. The molecule has 5 nitrogen and oxygen atoms in total. The molecule has 4 rings (SSSR count). The van der Waals surface area contributed by atoms with Crippen molar-refractivity contribution in [3.8, 4) is 0 Å². The molecule has 2 aliphatic heterocycles. The molecule has 0 atom stereocenters. The zero-order valence-electron chi connectivity index (χ0n) is 13.4. The fourth-order valence-electron chi connectivity index (χ4n) is 4.26. The largest absolute Gasteiger partial charge is 0.353 e. The third kappa shape index (κ3) is 2.97. The van der Waals surface area contributed by atoms with E-state index in [0.29, 0.717) is 0 Å². The Hall–Kier alpha value is -1.20. The number of anilines is 1. The molecular formula is C17H27N5. The molecule has 0 aromatic carbocycles. The smallest absolute Gasteiger partial charge is 0.132 e. The number of hydrogen-bond acceptors (Lipinski definition) is 5. The minimum atomic E-state index is 0.725. The predicted molar refractivity (Wildman–Crippen MR) is 88.1 cm³/mol. The summed E-state index contributed by atoms with van der Waals surface area (Å²) in [6.07, 6.45) is 10.7. The van der Waals surface area contributed by atoms with Crippen LogP contribution in [0, 0.1) is 0 Å². The number of aromatic nitrogens is 2. The highest BCUT2D eigenvalue weighted by molar-refractivity contribution is 5.40. The lowest BCUT2D eigenvalue weighted by Gasteiger charge is -2.49. The Balaban J connectivity index is 1.23. The van der Waals surface area contributed by atoms with Crippen molar-refractivity contribution < 1.29 is 0 Å². The first kappa shape index (κ1) is 14.4. The van der Waals surface area contributed by atoms with E-state index < -0.39 is 0 Å². The number of piperazine rings is 1. The monoisotopic (exact) mass is 301 g/mol. The molecule has 0 radical (unpaired) electrons. The fourth-order valence-corrected chi connectivity index (χ4v) is 4.26. The lowest BCUT2D eigenvalue weighted by atomic mass is 9.93. The highest BCUT2D eigenvalue weighted by Gasteiger charge is 2.35. The van der Waals surface area contributed by atoms with Crippen molar-refractivity contribution in [2.45, 2.75) is 44.2 Å². The lowest BCUT2D eigenvalue weighted by Crippen LogP contribution is -2.64. The van der Waals surface area contributed by atoms with Crippen LogP contribution in [0.15, 0.2) is 18.6 Å². The Morgan fingerprint density at radius 2 is 1.55 bits per heavy atom. The topological polar surface area (TPSA) is 35.5 Å². The van der Waals surface area contributed by atoms with Crippen LogP contribution in [-0.4, -0.2) is 71.1 Å². The molecule has 3 heterocycles. The van der Waals surface area contributed by atoms with Gasteiger partial charge < -0.3 is 4.90 Å². The zero-order valence-corrected chi connectivity index (χ0v) is 13.4. The van der Waals surface area contributed by atoms with Crippen molar-refractivity contribution in [2.24, 2.45) is 0 Å². The molecule has 0 unspecified atom stereocenters. The van der Waals surface area contributed by atoms with Crippen LogP contribution in [0.2, 0.25) is 0 Å². The van der Waals surface area contributed by atoms with E-state index in [4.69, 9.17) is 0 Å². The van der Waals surface area contributed by atoms with Crippen LogP contribution < -0.4 is 4.90 Å². The van der Waals surface area contributed by atoms with E-state index in [1.54, 1.807) is 6.33 Å². The summed E-state index contributed by atoms with van der Waals surface area (Å²) in [7, 11) is 0. The molecule has 3 fully saturated rings. The first-order valence-corrected chi connectivity index (χ1v) is 8.89. The Kier molecular flexibility index (Phi) is 4.26. The van der Waals surface area contributed by atoms with E-state index >= 15 is 0 Å². The molecule has 3 aliphatic rings. The highest BCUT2D eigenvalue weighted by Crippen LogP contribution is 2.26. The first-order chi connectivity index (χ1) is 10.9. The van der Waals surface area contributed by atoms with Crippen molar-refractivity contribution >= 4 is 5.82 Å². The van der Waals surface area contributed by atoms with Gasteiger partial charge in [-0.2, -0.15) is 0 Å². The third-order valence-electron chi connectivity index (χ3n) is 5.71. The average Bonchev–Trinajstić information content (AvgIpc) is 2.56. The Morgan fingerprint density at radius 3 is 2.18 bits per heavy atom. The maximum absolute atomic E-state index is 4.34. The second-order valence-corrected chi connectivity index (χ2v) is 6.99. The lowest BCUT2D eigenvalue weighted by molar-refractivity contribution is 0.0487. The summed E-state index contributed by atoms with van der Waals surface area (Å²) in [6.45, 7) is 7.29. The van der Waals surface area contributed by atoms with E-state index in [0.717, 1.165) is 31.0 Å². The van der Waals surface area contributed by atoms with Gasteiger partial charge >= 0.3 is 0 Å². The molecule has 1 aromatic heterocycles. The molecular weight excluding hydrogens is 274 g/mol. The molecule has 1 aliphatic carbocycles. The van der Waals surface area contributed by atoms with Gasteiger partial charge in [0.05, 0.1) is 0 Å². The molecule has 0 bridgehead atoms. The third-order valence-corrected chi connectivity index (χ3v) is 5.71. The van der Waals surface area contributed by atoms with Gasteiger partial charge in [0.1, 0.15) is 12.1 Å². The summed E-state index contributed by atoms with van der Waals surface area (Å²) in [4.78, 5) is 16.1. The Labute approximate surface area is 133 Å². The van der Waals surface area contributed by atoms with E-state index in [9.17, 15) is 0 Å². The van der Waals surface area contributed by atoms with Crippen LogP contribution in [0.4, 0.5) is 5.82 Å². The van der Waals surface area contributed by atoms with E-state index in [2.05, 4.69) is 24.7 Å². The summed E-state index contributed by atoms with van der Waals surface area (Å²) in [5, 5.41) is 0. The number of rotatable bonds is 3. The molecule has 2 saturated heterocycles. The molecule has 1 aromatic rings. The first-order valence-electron chi connectivity index (χ1n) is 8.89. The van der Waals surface area contributed by atoms with Crippen molar-refractivity contribution in [3.05, 3.63) is 18.6 Å². The normalized spacial score (nSPS) is 26.1. The molecule has 120 valence electrons. The van der Waals surface area contributed by atoms with Gasteiger partial charge in [-0.05, 0) is 18.9 Å². The van der Waals surface area contributed by atoms with Gasteiger partial charge in [-0.1, -0.05) is 19.3 Å². The molecule has 5 heteroatoms. The van der Waals surface area contributed by atoms with Crippen LogP contribution in [0.25, 0.3) is 0 Å². The average molecular weight is 301 g/mol. The molecule has 0 amide bonds. The molecule has 22 heavy (non-hydrogen) atoms. The Morgan fingerprint density at radius 1 is 0.864 bits per heavy atom. The summed E-state index contributed by atoms with van der Waals surface area (Å²) in [6, 6.07) is 3.62. The summed E-state index contributed by atoms with van der Waals surface area (Å²) in [5.74, 6) is 1.08. The quantitative estimate of drug-likeness (QED) is 0.848. The highest BCUT2D eigenvalue weighted by atomic mass is 15.4. The maximum atomic E-state index is 4.34. The van der Waals surface area contributed by atoms with Gasteiger partial charge in [-0.25, -0.2) is 9.97 Å². The fraction of sp³-hybridized carbons (Fsp3) is 0.765. The van der Waals surface area contributed by atoms with Crippen LogP contribution in [0.5, 0.6) is 0 Å². The van der Waals surface area contributed by atoms with E-state index in [1.165, 1.54) is 58.3 Å². The van der Waals surface area contributed by atoms with Gasteiger partial charge in [-0.15, -0.1) is 0 Å². The van der Waals surface area contributed by atoms with Crippen molar-refractivity contribution in [2.75, 3.05) is 44.2 Å². The molecule has 0 N–H and O–H groups in total. The standard InChI is InChI=1S/C17H27N5/c1-2-4-15(5-3-1)20-8-10-21(11-9-20)16-12-22(13-16)17-6-7-18-14-19-17/h6-7,14-16H,1-5,8-13H2. The van der Waals surface area contributed by atoms with E-state index in [1.807, 2.05) is 12.3 Å². The van der Waals surface area contributed by atoms with Gasteiger partial charge in [0.15, 0.2) is 0 Å². The Bertz CT molecular complexity index is 459. The minimum absolute atomic E-state index is 0.725. The van der Waals surface area contributed by atoms with Crippen molar-refractivity contribution in [1.82, 2.24) is 19.8 Å². The second kappa shape index (κ2) is 6.50. The minimum Gasteiger partial charge on any atom is -0.353 e. The zero-order chi connectivity index (χ0) is 14.8. The second-order valence-electron chi connectivity index (χ2n) is 6.99. The van der Waals surface area contributed by atoms with E-state index in [-0.39, 0.29) is 0 Å².